The smallest absolute Gasteiger partial charge is 0.349 e. The second kappa shape index (κ2) is 8.65. The molecule has 0 aliphatic rings. The number of methoxy groups -OCH3 is 1. The van der Waals surface area contributed by atoms with Crippen molar-refractivity contribution in [3.63, 3.8) is 0 Å². The van der Waals surface area contributed by atoms with Crippen molar-refractivity contribution in [1.82, 2.24) is 0 Å². The molecule has 0 aliphatic carbocycles. The Labute approximate surface area is 132 Å². The van der Waals surface area contributed by atoms with Crippen LogP contribution in [0.3, 0.4) is 0 Å². The Kier molecular flexibility index (Phi) is 7.20. The van der Waals surface area contributed by atoms with Gasteiger partial charge in [0.2, 0.25) is 12.1 Å². The van der Waals surface area contributed by atoms with E-state index in [1.807, 2.05) is 6.92 Å². The summed E-state index contributed by atoms with van der Waals surface area (Å²) >= 11 is 0. The molecule has 0 aromatic heterocycles. The van der Waals surface area contributed by atoms with Gasteiger partial charge >= 0.3 is 6.18 Å². The first-order valence-corrected chi connectivity index (χ1v) is 7.10. The first-order chi connectivity index (χ1) is 10.8. The standard InChI is InChI=1S/C16H18F3NO3/c1-3-4-8-23-15(22-2)14(21)13(10-20)11-6-5-7-12(9-11)16(17,18)19/h5-7,9,13,15H,3-4,8H2,1-2H3. The maximum Gasteiger partial charge on any atom is 0.416 e. The molecule has 0 N–H and O–H groups in total. The zero-order chi connectivity index (χ0) is 17.5. The number of Topliss-reactive ketones (excluding diaryl/α,β-unsaturated/α-hetero) is 1. The van der Waals surface area contributed by atoms with Crippen LogP contribution < -0.4 is 0 Å². The van der Waals surface area contributed by atoms with Crippen LogP contribution in [0.1, 0.15) is 36.8 Å². The van der Waals surface area contributed by atoms with E-state index in [1.165, 1.54) is 13.2 Å². The highest BCUT2D eigenvalue weighted by molar-refractivity contribution is 5.91. The number of alkyl halides is 3. The van der Waals surface area contributed by atoms with E-state index in [-0.39, 0.29) is 12.2 Å². The van der Waals surface area contributed by atoms with Crippen molar-refractivity contribution in [2.75, 3.05) is 13.7 Å². The zero-order valence-electron chi connectivity index (χ0n) is 12.9. The number of nitrogens with zero attached hydrogens (tertiary/aromatic N) is 1. The van der Waals surface area contributed by atoms with Gasteiger partial charge in [0.15, 0.2) is 0 Å². The van der Waals surface area contributed by atoms with E-state index in [4.69, 9.17) is 9.47 Å². The van der Waals surface area contributed by atoms with E-state index in [0.717, 1.165) is 24.6 Å². The van der Waals surface area contributed by atoms with Crippen molar-refractivity contribution in [3.8, 4) is 6.07 Å². The first-order valence-electron chi connectivity index (χ1n) is 7.10. The van der Waals surface area contributed by atoms with Crippen molar-refractivity contribution in [2.45, 2.75) is 38.1 Å². The molecule has 0 heterocycles. The number of halogens is 3. The number of ether oxygens (including phenoxy) is 2. The van der Waals surface area contributed by atoms with Crippen LogP contribution in [0.2, 0.25) is 0 Å². The van der Waals surface area contributed by atoms with E-state index in [1.54, 1.807) is 6.07 Å². The predicted molar refractivity (Wildman–Crippen MR) is 76.5 cm³/mol. The monoisotopic (exact) mass is 329 g/mol. The number of unbranched alkanes of at least 4 members (excludes halogenated alkanes) is 1. The molecule has 2 atom stereocenters. The molecule has 4 nitrogen and oxygen atoms in total. The fourth-order valence-corrected chi connectivity index (χ4v) is 1.93. The number of nitriles is 1. The third kappa shape index (κ3) is 5.34. The fraction of sp³-hybridized carbons (Fsp3) is 0.500. The maximum atomic E-state index is 12.7. The van der Waals surface area contributed by atoms with Gasteiger partial charge in [-0.1, -0.05) is 31.5 Å². The number of carbonyl (C=O) groups is 1. The molecule has 1 aromatic rings. The van der Waals surface area contributed by atoms with Crippen molar-refractivity contribution in [1.29, 1.82) is 5.26 Å². The predicted octanol–water partition coefficient (Wildman–Crippen LogP) is 3.67. The molecule has 0 fully saturated rings. The Hall–Kier alpha value is -1.91. The van der Waals surface area contributed by atoms with Gasteiger partial charge in [-0.3, -0.25) is 4.79 Å². The largest absolute Gasteiger partial charge is 0.416 e. The number of rotatable bonds is 8. The Bertz CT molecular complexity index is 566. The van der Waals surface area contributed by atoms with Crippen LogP contribution in [0.25, 0.3) is 0 Å². The third-order valence-electron chi connectivity index (χ3n) is 3.17. The highest BCUT2D eigenvalue weighted by Crippen LogP contribution is 2.31. The molecular weight excluding hydrogens is 311 g/mol. The van der Waals surface area contributed by atoms with Gasteiger partial charge in [0.05, 0.1) is 18.2 Å². The summed E-state index contributed by atoms with van der Waals surface area (Å²) in [5, 5.41) is 9.20. The van der Waals surface area contributed by atoms with Crippen LogP contribution >= 0.6 is 0 Å². The molecule has 2 unspecified atom stereocenters. The first kappa shape index (κ1) is 19.1. The molecular formula is C16H18F3NO3. The average Bonchev–Trinajstić information content (AvgIpc) is 2.52. The van der Waals surface area contributed by atoms with Crippen LogP contribution in [0, 0.1) is 11.3 Å². The molecule has 1 aromatic carbocycles. The number of ketones is 1. The molecule has 7 heteroatoms. The van der Waals surface area contributed by atoms with Crippen LogP contribution in [-0.2, 0) is 20.4 Å². The SMILES string of the molecule is CCCCOC(OC)C(=O)C(C#N)c1cccc(C(F)(F)F)c1. The molecule has 0 amide bonds. The quantitative estimate of drug-likeness (QED) is 0.539. The van der Waals surface area contributed by atoms with Gasteiger partial charge in [-0.05, 0) is 18.1 Å². The molecule has 23 heavy (non-hydrogen) atoms. The number of benzene rings is 1. The van der Waals surface area contributed by atoms with E-state index in [0.29, 0.717) is 6.42 Å². The van der Waals surface area contributed by atoms with Gasteiger partial charge in [-0.25, -0.2) is 0 Å². The molecule has 0 saturated carbocycles. The Balaban J connectivity index is 2.99. The minimum atomic E-state index is -4.54. The summed E-state index contributed by atoms with van der Waals surface area (Å²) in [5.74, 6) is -2.10. The number of hydrogen-bond donors (Lipinski definition) is 0. The van der Waals surface area contributed by atoms with Gasteiger partial charge in [-0.2, -0.15) is 18.4 Å². The molecule has 0 bridgehead atoms. The summed E-state index contributed by atoms with van der Waals surface area (Å²) in [6.07, 6.45) is -4.27. The van der Waals surface area contributed by atoms with Crippen molar-refractivity contribution >= 4 is 5.78 Å². The van der Waals surface area contributed by atoms with Crippen molar-refractivity contribution in [2.24, 2.45) is 0 Å². The van der Waals surface area contributed by atoms with Crippen LogP contribution in [0.5, 0.6) is 0 Å². The van der Waals surface area contributed by atoms with Crippen LogP contribution in [-0.4, -0.2) is 25.8 Å². The van der Waals surface area contributed by atoms with E-state index in [2.05, 4.69) is 0 Å². The van der Waals surface area contributed by atoms with Crippen molar-refractivity contribution < 1.29 is 27.4 Å². The molecule has 0 radical (unpaired) electrons. The molecule has 126 valence electrons. The second-order valence-electron chi connectivity index (χ2n) is 4.88. The summed E-state index contributed by atoms with van der Waals surface area (Å²) < 4.78 is 48.4. The molecule has 1 rings (SSSR count). The Morgan fingerprint density at radius 3 is 2.61 bits per heavy atom. The summed E-state index contributed by atoms with van der Waals surface area (Å²) in [7, 11) is 1.25. The van der Waals surface area contributed by atoms with Gasteiger partial charge in [0, 0.05) is 7.11 Å². The fourth-order valence-electron chi connectivity index (χ4n) is 1.93. The van der Waals surface area contributed by atoms with Gasteiger partial charge in [0.25, 0.3) is 0 Å². The molecule has 0 aliphatic heterocycles. The normalized spacial score (nSPS) is 14.1. The lowest BCUT2D eigenvalue weighted by Gasteiger charge is -2.18. The summed E-state index contributed by atoms with van der Waals surface area (Å²) in [4.78, 5) is 12.3. The third-order valence-corrected chi connectivity index (χ3v) is 3.17. The van der Waals surface area contributed by atoms with E-state index in [9.17, 15) is 23.2 Å². The summed E-state index contributed by atoms with van der Waals surface area (Å²) in [6, 6.07) is 5.87. The van der Waals surface area contributed by atoms with E-state index >= 15 is 0 Å². The highest BCUT2D eigenvalue weighted by atomic mass is 19.4. The number of carbonyl (C=O) groups excluding carboxylic acids is 1. The summed E-state index contributed by atoms with van der Waals surface area (Å²) in [5.41, 5.74) is -0.947. The topological polar surface area (TPSA) is 59.3 Å². The van der Waals surface area contributed by atoms with Crippen LogP contribution in [0.4, 0.5) is 13.2 Å². The lowest BCUT2D eigenvalue weighted by atomic mass is 9.94. The van der Waals surface area contributed by atoms with Gasteiger partial charge in [0.1, 0.15) is 5.92 Å². The van der Waals surface area contributed by atoms with E-state index < -0.39 is 29.7 Å². The lowest BCUT2D eigenvalue weighted by Crippen LogP contribution is -2.31. The van der Waals surface area contributed by atoms with Gasteiger partial charge < -0.3 is 9.47 Å². The minimum Gasteiger partial charge on any atom is -0.349 e. The molecule has 0 spiro atoms. The Morgan fingerprint density at radius 1 is 1.39 bits per heavy atom. The summed E-state index contributed by atoms with van der Waals surface area (Å²) in [6.45, 7) is 2.20. The highest BCUT2D eigenvalue weighted by Gasteiger charge is 2.33. The van der Waals surface area contributed by atoms with Crippen molar-refractivity contribution in [3.05, 3.63) is 35.4 Å². The zero-order valence-corrected chi connectivity index (χ0v) is 12.9. The molecule has 0 saturated heterocycles. The average molecular weight is 329 g/mol. The maximum absolute atomic E-state index is 12.7. The lowest BCUT2D eigenvalue weighted by molar-refractivity contribution is -0.163. The van der Waals surface area contributed by atoms with Crippen LogP contribution in [0.15, 0.2) is 24.3 Å². The second-order valence-corrected chi connectivity index (χ2v) is 4.88. The van der Waals surface area contributed by atoms with Gasteiger partial charge in [-0.15, -0.1) is 0 Å². The number of hydrogen-bond acceptors (Lipinski definition) is 4. The Morgan fingerprint density at radius 2 is 2.09 bits per heavy atom. The minimum absolute atomic E-state index is 0.0338.